The molecule has 2 rings (SSSR count). The van der Waals surface area contributed by atoms with Gasteiger partial charge >= 0.3 is 0 Å². The van der Waals surface area contributed by atoms with Crippen molar-refractivity contribution >= 4 is 5.57 Å². The lowest BCUT2D eigenvalue weighted by Crippen LogP contribution is -1.98. The largest absolute Gasteiger partial charge is 0.497 e. The third-order valence-corrected chi connectivity index (χ3v) is 3.41. The zero-order chi connectivity index (χ0) is 14.4. The molecule has 2 heteroatoms. The van der Waals surface area contributed by atoms with E-state index in [9.17, 15) is 5.11 Å². The van der Waals surface area contributed by atoms with Crippen LogP contribution in [0.1, 0.15) is 24.5 Å². The SMILES string of the molecule is CCC(CO)=C(c1ccccc1)c1ccc(OC)cc1. The fraction of sp³-hybridized carbons (Fsp3) is 0.222. The molecule has 2 nitrogen and oxygen atoms in total. The molecule has 20 heavy (non-hydrogen) atoms. The summed E-state index contributed by atoms with van der Waals surface area (Å²) in [6, 6.07) is 18.1. The van der Waals surface area contributed by atoms with Crippen LogP contribution in [0.5, 0.6) is 5.75 Å². The summed E-state index contributed by atoms with van der Waals surface area (Å²) in [6.07, 6.45) is 0.826. The Hall–Kier alpha value is -2.06. The molecule has 0 aliphatic heterocycles. The predicted octanol–water partition coefficient (Wildman–Crippen LogP) is 3.90. The molecule has 0 aromatic heterocycles. The van der Waals surface area contributed by atoms with Gasteiger partial charge in [0.05, 0.1) is 13.7 Å². The van der Waals surface area contributed by atoms with E-state index in [1.54, 1.807) is 7.11 Å². The number of hydrogen-bond donors (Lipinski definition) is 1. The average molecular weight is 268 g/mol. The van der Waals surface area contributed by atoms with E-state index in [1.807, 2.05) is 42.5 Å². The lowest BCUT2D eigenvalue weighted by Gasteiger charge is -2.14. The predicted molar refractivity (Wildman–Crippen MR) is 82.8 cm³/mol. The van der Waals surface area contributed by atoms with Crippen molar-refractivity contribution in [3.8, 4) is 5.75 Å². The minimum Gasteiger partial charge on any atom is -0.497 e. The van der Waals surface area contributed by atoms with E-state index in [0.29, 0.717) is 0 Å². The number of ether oxygens (including phenoxy) is 1. The first-order valence-corrected chi connectivity index (χ1v) is 6.82. The highest BCUT2D eigenvalue weighted by molar-refractivity contribution is 5.82. The van der Waals surface area contributed by atoms with Gasteiger partial charge in [-0.1, -0.05) is 49.4 Å². The Kier molecular flexibility index (Phi) is 4.97. The number of rotatable bonds is 5. The standard InChI is InChI=1S/C18H20O2/c1-3-14(13-19)18(15-7-5-4-6-8-15)16-9-11-17(20-2)12-10-16/h4-12,19H,3,13H2,1-2H3. The van der Waals surface area contributed by atoms with Gasteiger partial charge in [0.1, 0.15) is 5.75 Å². The summed E-state index contributed by atoms with van der Waals surface area (Å²) in [6.45, 7) is 2.14. The quantitative estimate of drug-likeness (QED) is 0.891. The second-order valence-corrected chi connectivity index (χ2v) is 4.58. The molecule has 0 amide bonds. The first-order valence-electron chi connectivity index (χ1n) is 6.82. The molecule has 1 N–H and O–H groups in total. The van der Waals surface area contributed by atoms with Crippen LogP contribution < -0.4 is 4.74 Å². The second kappa shape index (κ2) is 6.92. The van der Waals surface area contributed by atoms with Gasteiger partial charge in [0.15, 0.2) is 0 Å². The van der Waals surface area contributed by atoms with Crippen molar-refractivity contribution in [1.29, 1.82) is 0 Å². The number of hydrogen-bond acceptors (Lipinski definition) is 2. The lowest BCUT2D eigenvalue weighted by molar-refractivity contribution is 0.328. The highest BCUT2D eigenvalue weighted by Crippen LogP contribution is 2.29. The molecule has 0 heterocycles. The zero-order valence-electron chi connectivity index (χ0n) is 12.0. The zero-order valence-corrected chi connectivity index (χ0v) is 12.0. The van der Waals surface area contributed by atoms with E-state index >= 15 is 0 Å². The molecule has 0 bridgehead atoms. The van der Waals surface area contributed by atoms with Gasteiger partial charge in [-0.05, 0) is 40.8 Å². The Morgan fingerprint density at radius 1 is 0.950 bits per heavy atom. The fourth-order valence-corrected chi connectivity index (χ4v) is 2.31. The Morgan fingerprint density at radius 3 is 2.05 bits per heavy atom. The highest BCUT2D eigenvalue weighted by Gasteiger charge is 2.10. The van der Waals surface area contributed by atoms with Crippen LogP contribution in [-0.2, 0) is 0 Å². The van der Waals surface area contributed by atoms with Gasteiger partial charge in [-0.15, -0.1) is 0 Å². The van der Waals surface area contributed by atoms with Gasteiger partial charge in [-0.25, -0.2) is 0 Å². The van der Waals surface area contributed by atoms with Crippen molar-refractivity contribution in [2.75, 3.05) is 13.7 Å². The van der Waals surface area contributed by atoms with E-state index in [0.717, 1.165) is 34.4 Å². The van der Waals surface area contributed by atoms with Crippen molar-refractivity contribution in [2.24, 2.45) is 0 Å². The summed E-state index contributed by atoms with van der Waals surface area (Å²) < 4.78 is 5.20. The second-order valence-electron chi connectivity index (χ2n) is 4.58. The monoisotopic (exact) mass is 268 g/mol. The summed E-state index contributed by atoms with van der Waals surface area (Å²) >= 11 is 0. The smallest absolute Gasteiger partial charge is 0.118 e. The maximum absolute atomic E-state index is 9.64. The van der Waals surface area contributed by atoms with Gasteiger partial charge < -0.3 is 9.84 Å². The van der Waals surface area contributed by atoms with E-state index < -0.39 is 0 Å². The van der Waals surface area contributed by atoms with E-state index in [-0.39, 0.29) is 6.61 Å². The Morgan fingerprint density at radius 2 is 1.55 bits per heavy atom. The molecule has 0 atom stereocenters. The summed E-state index contributed by atoms with van der Waals surface area (Å²) in [4.78, 5) is 0. The molecule has 0 aliphatic rings. The highest BCUT2D eigenvalue weighted by atomic mass is 16.5. The lowest BCUT2D eigenvalue weighted by atomic mass is 9.92. The van der Waals surface area contributed by atoms with Crippen LogP contribution in [0.2, 0.25) is 0 Å². The van der Waals surface area contributed by atoms with Crippen molar-refractivity contribution in [2.45, 2.75) is 13.3 Å². The van der Waals surface area contributed by atoms with Crippen LogP contribution in [0.15, 0.2) is 60.2 Å². The minimum atomic E-state index is 0.0761. The van der Waals surface area contributed by atoms with Crippen molar-refractivity contribution in [3.05, 3.63) is 71.3 Å². The summed E-state index contributed by atoms with van der Waals surface area (Å²) in [7, 11) is 1.66. The number of aliphatic hydroxyl groups excluding tert-OH is 1. The molecular weight excluding hydrogens is 248 g/mol. The molecule has 2 aromatic rings. The van der Waals surface area contributed by atoms with Crippen LogP contribution in [0.4, 0.5) is 0 Å². The number of methoxy groups -OCH3 is 1. The molecule has 0 saturated heterocycles. The Labute approximate surface area is 120 Å². The van der Waals surface area contributed by atoms with Crippen molar-refractivity contribution in [3.63, 3.8) is 0 Å². The van der Waals surface area contributed by atoms with Crippen LogP contribution >= 0.6 is 0 Å². The summed E-state index contributed by atoms with van der Waals surface area (Å²) in [5.74, 6) is 0.836. The Bertz CT molecular complexity index is 562. The van der Waals surface area contributed by atoms with E-state index in [4.69, 9.17) is 4.74 Å². The molecule has 104 valence electrons. The molecule has 0 saturated carbocycles. The molecule has 0 fully saturated rings. The van der Waals surface area contributed by atoms with Crippen molar-refractivity contribution < 1.29 is 9.84 Å². The minimum absolute atomic E-state index is 0.0761. The molecule has 2 aromatic carbocycles. The fourth-order valence-electron chi connectivity index (χ4n) is 2.31. The third kappa shape index (κ3) is 3.09. The topological polar surface area (TPSA) is 29.5 Å². The van der Waals surface area contributed by atoms with Crippen LogP contribution in [0.3, 0.4) is 0 Å². The van der Waals surface area contributed by atoms with Gasteiger partial charge in [0.25, 0.3) is 0 Å². The molecule has 0 spiro atoms. The maximum Gasteiger partial charge on any atom is 0.118 e. The van der Waals surface area contributed by atoms with Crippen LogP contribution in [0.25, 0.3) is 5.57 Å². The number of aliphatic hydroxyl groups is 1. The third-order valence-electron chi connectivity index (χ3n) is 3.41. The first kappa shape index (κ1) is 14.4. The molecular formula is C18H20O2. The first-order chi connectivity index (χ1) is 9.80. The summed E-state index contributed by atoms with van der Waals surface area (Å²) in [5.41, 5.74) is 4.38. The molecule has 0 unspecified atom stereocenters. The van der Waals surface area contributed by atoms with Crippen LogP contribution in [0, 0.1) is 0 Å². The van der Waals surface area contributed by atoms with Gasteiger partial charge in [-0.3, -0.25) is 0 Å². The van der Waals surface area contributed by atoms with Crippen molar-refractivity contribution in [1.82, 2.24) is 0 Å². The van der Waals surface area contributed by atoms with Gasteiger partial charge in [0, 0.05) is 0 Å². The molecule has 0 aliphatic carbocycles. The average Bonchev–Trinajstić information content (AvgIpc) is 2.53. The van der Waals surface area contributed by atoms with E-state index in [1.165, 1.54) is 0 Å². The van der Waals surface area contributed by atoms with Gasteiger partial charge in [-0.2, -0.15) is 0 Å². The van der Waals surface area contributed by atoms with E-state index in [2.05, 4.69) is 19.1 Å². The Balaban J connectivity index is 2.54. The van der Waals surface area contributed by atoms with Gasteiger partial charge in [0.2, 0.25) is 0 Å². The maximum atomic E-state index is 9.64. The molecule has 0 radical (unpaired) electrons. The normalized spacial score (nSPS) is 11.9. The summed E-state index contributed by atoms with van der Waals surface area (Å²) in [5, 5.41) is 9.64. The van der Waals surface area contributed by atoms with Crippen LogP contribution in [-0.4, -0.2) is 18.8 Å². The number of benzene rings is 2.